The number of thioether (sulfide) groups is 1. The molecule has 1 atom stereocenters. The van der Waals surface area contributed by atoms with Gasteiger partial charge in [0.05, 0.1) is 6.61 Å². The van der Waals surface area contributed by atoms with E-state index in [-0.39, 0.29) is 11.9 Å². The Morgan fingerprint density at radius 1 is 1.47 bits per heavy atom. The van der Waals surface area contributed by atoms with Gasteiger partial charge in [0.25, 0.3) is 0 Å². The van der Waals surface area contributed by atoms with Crippen LogP contribution in [0.2, 0.25) is 0 Å². The molecule has 0 heterocycles. The molecule has 2 N–H and O–H groups in total. The van der Waals surface area contributed by atoms with E-state index in [1.807, 2.05) is 6.92 Å². The summed E-state index contributed by atoms with van der Waals surface area (Å²) in [7, 11) is 0. The molecule has 0 saturated heterocycles. The average molecular weight is 318 g/mol. The minimum atomic E-state index is 0.205. The van der Waals surface area contributed by atoms with E-state index in [9.17, 15) is 0 Å². The molecule has 0 saturated carbocycles. The lowest BCUT2D eigenvalue weighted by Crippen LogP contribution is -2.13. The Hall–Kier alpha value is -0.0300. The molecule has 2 nitrogen and oxygen atoms in total. The maximum atomic E-state index is 9.04. The highest BCUT2D eigenvalue weighted by atomic mass is 79.9. The molecule has 1 aromatic rings. The molecule has 4 heteroatoms. The van der Waals surface area contributed by atoms with E-state index in [4.69, 9.17) is 5.11 Å². The molecule has 96 valence electrons. The zero-order chi connectivity index (χ0) is 12.7. The number of hydrogen-bond donors (Lipinski definition) is 2. The zero-order valence-electron chi connectivity index (χ0n) is 10.4. The second-order valence-corrected chi connectivity index (χ2v) is 6.39. The second kappa shape index (κ2) is 8.14. The van der Waals surface area contributed by atoms with Crippen LogP contribution in [0.4, 0.5) is 0 Å². The molecule has 1 aromatic carbocycles. The molecule has 0 radical (unpaired) electrons. The van der Waals surface area contributed by atoms with Crippen LogP contribution in [0, 0.1) is 0 Å². The first-order chi connectivity index (χ1) is 8.17. The second-order valence-electron chi connectivity index (χ2n) is 4.05. The molecule has 0 amide bonds. The minimum Gasteiger partial charge on any atom is -0.395 e. The maximum absolute atomic E-state index is 9.04. The van der Waals surface area contributed by atoms with Crippen molar-refractivity contribution in [3.63, 3.8) is 0 Å². The molecule has 0 aliphatic carbocycles. The molecular weight excluding hydrogens is 298 g/mol. The van der Waals surface area contributed by atoms with Crippen molar-refractivity contribution >= 4 is 27.7 Å². The normalized spacial score (nSPS) is 12.7. The summed E-state index contributed by atoms with van der Waals surface area (Å²) in [6.07, 6.45) is 1.16. The number of aliphatic hydroxyl groups excluding tert-OH is 1. The van der Waals surface area contributed by atoms with Gasteiger partial charge in [-0.2, -0.15) is 0 Å². The van der Waals surface area contributed by atoms with E-state index in [0.29, 0.717) is 0 Å². The van der Waals surface area contributed by atoms with Gasteiger partial charge in [0.1, 0.15) is 0 Å². The SMILES string of the molecule is CCCNCc1ccc(SC(C)CO)c(Br)c1. The summed E-state index contributed by atoms with van der Waals surface area (Å²) >= 11 is 5.27. The van der Waals surface area contributed by atoms with Gasteiger partial charge in [-0.1, -0.05) is 19.9 Å². The Balaban J connectivity index is 2.59. The Labute approximate surface area is 116 Å². The molecule has 0 aromatic heterocycles. The fraction of sp³-hybridized carbons (Fsp3) is 0.538. The van der Waals surface area contributed by atoms with Crippen LogP contribution in [-0.2, 0) is 6.54 Å². The lowest BCUT2D eigenvalue weighted by Gasteiger charge is -2.11. The predicted octanol–water partition coefficient (Wildman–Crippen LogP) is 3.42. The molecule has 0 fully saturated rings. The highest BCUT2D eigenvalue weighted by molar-refractivity contribution is 9.10. The van der Waals surface area contributed by atoms with Gasteiger partial charge in [0, 0.05) is 21.2 Å². The zero-order valence-corrected chi connectivity index (χ0v) is 12.8. The largest absolute Gasteiger partial charge is 0.395 e. The fourth-order valence-electron chi connectivity index (χ4n) is 1.41. The third kappa shape index (κ3) is 5.42. The van der Waals surface area contributed by atoms with E-state index in [2.05, 4.69) is 46.4 Å². The molecule has 17 heavy (non-hydrogen) atoms. The van der Waals surface area contributed by atoms with Gasteiger partial charge in [0.2, 0.25) is 0 Å². The highest BCUT2D eigenvalue weighted by Crippen LogP contribution is 2.31. The van der Waals surface area contributed by atoms with Crippen molar-refractivity contribution in [2.45, 2.75) is 37.0 Å². The number of rotatable bonds is 7. The van der Waals surface area contributed by atoms with Crippen molar-refractivity contribution in [3.8, 4) is 0 Å². The summed E-state index contributed by atoms with van der Waals surface area (Å²) in [5, 5.41) is 12.7. The van der Waals surface area contributed by atoms with Gasteiger partial charge in [0.15, 0.2) is 0 Å². The smallest absolute Gasteiger partial charge is 0.0550 e. The highest BCUT2D eigenvalue weighted by Gasteiger charge is 2.07. The van der Waals surface area contributed by atoms with Crippen molar-refractivity contribution in [3.05, 3.63) is 28.2 Å². The van der Waals surface area contributed by atoms with Gasteiger partial charge in [-0.05, 0) is 46.6 Å². The van der Waals surface area contributed by atoms with Gasteiger partial charge in [-0.3, -0.25) is 0 Å². The number of hydrogen-bond acceptors (Lipinski definition) is 3. The summed E-state index contributed by atoms with van der Waals surface area (Å²) in [5.41, 5.74) is 1.28. The quantitative estimate of drug-likeness (QED) is 0.597. The van der Waals surface area contributed by atoms with Gasteiger partial charge < -0.3 is 10.4 Å². The first-order valence-electron chi connectivity index (χ1n) is 5.94. The van der Waals surface area contributed by atoms with E-state index in [1.165, 1.54) is 10.5 Å². The summed E-state index contributed by atoms with van der Waals surface area (Å²) < 4.78 is 1.11. The summed E-state index contributed by atoms with van der Waals surface area (Å²) in [4.78, 5) is 1.19. The van der Waals surface area contributed by atoms with Crippen LogP contribution in [0.25, 0.3) is 0 Å². The number of benzene rings is 1. The molecule has 0 aliphatic rings. The fourth-order valence-corrected chi connectivity index (χ4v) is 2.95. The third-order valence-corrected chi connectivity index (χ3v) is 4.42. The lowest BCUT2D eigenvalue weighted by molar-refractivity contribution is 0.300. The van der Waals surface area contributed by atoms with Crippen LogP contribution in [0.1, 0.15) is 25.8 Å². The number of halogens is 1. The van der Waals surface area contributed by atoms with Crippen LogP contribution in [0.5, 0.6) is 0 Å². The van der Waals surface area contributed by atoms with E-state index in [1.54, 1.807) is 11.8 Å². The Morgan fingerprint density at radius 2 is 2.24 bits per heavy atom. The third-order valence-electron chi connectivity index (χ3n) is 2.34. The van der Waals surface area contributed by atoms with Crippen LogP contribution in [0.3, 0.4) is 0 Å². The van der Waals surface area contributed by atoms with E-state index in [0.717, 1.165) is 24.0 Å². The molecular formula is C13H20BrNOS. The molecule has 0 spiro atoms. The standard InChI is InChI=1S/C13H20BrNOS/c1-3-6-15-8-11-4-5-13(12(14)7-11)17-10(2)9-16/h4-5,7,10,15-16H,3,6,8-9H2,1-2H3. The van der Waals surface area contributed by atoms with Crippen LogP contribution >= 0.6 is 27.7 Å². The van der Waals surface area contributed by atoms with Crippen LogP contribution < -0.4 is 5.32 Å². The van der Waals surface area contributed by atoms with E-state index >= 15 is 0 Å². The summed E-state index contributed by atoms with van der Waals surface area (Å²) in [6.45, 7) is 6.35. The molecule has 1 rings (SSSR count). The van der Waals surface area contributed by atoms with Gasteiger partial charge in [-0.15, -0.1) is 11.8 Å². The van der Waals surface area contributed by atoms with Crippen LogP contribution in [0.15, 0.2) is 27.6 Å². The topological polar surface area (TPSA) is 32.3 Å². The van der Waals surface area contributed by atoms with Crippen molar-refractivity contribution in [1.82, 2.24) is 5.32 Å². The van der Waals surface area contributed by atoms with Gasteiger partial charge in [-0.25, -0.2) is 0 Å². The van der Waals surface area contributed by atoms with Crippen molar-refractivity contribution < 1.29 is 5.11 Å². The Kier molecular flexibility index (Phi) is 7.19. The lowest BCUT2D eigenvalue weighted by atomic mass is 10.2. The monoisotopic (exact) mass is 317 g/mol. The Morgan fingerprint density at radius 3 is 2.82 bits per heavy atom. The van der Waals surface area contributed by atoms with E-state index < -0.39 is 0 Å². The van der Waals surface area contributed by atoms with Gasteiger partial charge >= 0.3 is 0 Å². The molecule has 0 aliphatic heterocycles. The van der Waals surface area contributed by atoms with Crippen molar-refractivity contribution in [2.75, 3.05) is 13.2 Å². The van der Waals surface area contributed by atoms with Crippen molar-refractivity contribution in [1.29, 1.82) is 0 Å². The minimum absolute atomic E-state index is 0.205. The van der Waals surface area contributed by atoms with Crippen molar-refractivity contribution in [2.24, 2.45) is 0 Å². The molecule has 1 unspecified atom stereocenters. The first-order valence-corrected chi connectivity index (χ1v) is 7.61. The van der Waals surface area contributed by atoms with Crippen LogP contribution in [-0.4, -0.2) is 23.5 Å². The number of nitrogens with one attached hydrogen (secondary N) is 1. The Bertz CT molecular complexity index is 346. The number of aliphatic hydroxyl groups is 1. The summed E-state index contributed by atoms with van der Waals surface area (Å²) in [5.74, 6) is 0. The first kappa shape index (κ1) is 15.0. The average Bonchev–Trinajstić information content (AvgIpc) is 2.32. The molecule has 0 bridgehead atoms. The maximum Gasteiger partial charge on any atom is 0.0550 e. The predicted molar refractivity (Wildman–Crippen MR) is 78.5 cm³/mol. The summed E-state index contributed by atoms with van der Waals surface area (Å²) in [6, 6.07) is 6.40.